The topological polar surface area (TPSA) is 422 Å². The molecular formula is C108H124Cl3F3N24O3S. The van der Waals surface area contributed by atoms with E-state index in [0.29, 0.717) is 166 Å². The van der Waals surface area contributed by atoms with Crippen molar-refractivity contribution in [3.05, 3.63) is 297 Å². The maximum atomic E-state index is 15.2. The molecule has 1 aliphatic rings. The number of aromatic nitrogens is 11. The number of para-hydroxylation sites is 2. The monoisotopic (exact) mass is 2000 g/mol. The molecule has 8 heterocycles. The minimum Gasteiger partial charge on any atom is -0.383 e. The molecule has 0 saturated heterocycles. The van der Waals surface area contributed by atoms with Gasteiger partial charge in [-0.15, -0.1) is 11.3 Å². The van der Waals surface area contributed by atoms with Crippen molar-refractivity contribution in [3.63, 3.8) is 0 Å². The van der Waals surface area contributed by atoms with E-state index in [2.05, 4.69) is 159 Å². The Morgan fingerprint density at radius 2 is 0.887 bits per heavy atom. The van der Waals surface area contributed by atoms with E-state index in [-0.39, 0.29) is 45.0 Å². The summed E-state index contributed by atoms with van der Waals surface area (Å²) in [6, 6.07) is 56.0. The number of nitrogens with two attached hydrogens (primary N) is 6. The van der Waals surface area contributed by atoms with Gasteiger partial charge in [-0.3, -0.25) is 28.7 Å². The van der Waals surface area contributed by atoms with Gasteiger partial charge in [0.25, 0.3) is 0 Å². The molecule has 34 heteroatoms. The molecule has 1 fully saturated rings. The second kappa shape index (κ2) is 48.3. The molecule has 17 rings (SSSR count). The van der Waals surface area contributed by atoms with Gasteiger partial charge in [0, 0.05) is 125 Å². The summed E-state index contributed by atoms with van der Waals surface area (Å²) >= 11 is 20.6. The quantitative estimate of drug-likeness (QED) is 0.0125. The number of fused-ring (bicyclic) bond motifs is 5. The third kappa shape index (κ3) is 27.4. The molecule has 4 atom stereocenters. The fraction of sp³-hybridized carbons (Fsp3) is 0.333. The molecule has 27 nitrogen and oxygen atoms in total. The van der Waals surface area contributed by atoms with Crippen LogP contribution in [0.5, 0.6) is 0 Å². The van der Waals surface area contributed by atoms with E-state index in [1.165, 1.54) is 42.2 Å². The normalized spacial score (nSPS) is 13.7. The first kappa shape index (κ1) is 103. The second-order valence-corrected chi connectivity index (χ2v) is 40.1. The lowest BCUT2D eigenvalue weighted by atomic mass is 9.77. The largest absolute Gasteiger partial charge is 0.383 e. The van der Waals surface area contributed by atoms with Crippen molar-refractivity contribution in [1.82, 2.24) is 64.2 Å². The van der Waals surface area contributed by atoms with Gasteiger partial charge in [-0.05, 0) is 260 Å². The predicted octanol–water partition coefficient (Wildman–Crippen LogP) is 21.0. The van der Waals surface area contributed by atoms with E-state index in [0.717, 1.165) is 134 Å². The Morgan fingerprint density at radius 3 is 1.32 bits per heavy atom. The number of aromatic amines is 4. The Labute approximate surface area is 841 Å². The Bertz CT molecular complexity index is 7280. The molecule has 0 spiro atoms. The molecule has 8 aromatic heterocycles. The van der Waals surface area contributed by atoms with E-state index in [4.69, 9.17) is 69.2 Å². The molecular weight excluding hydrogens is 1880 g/mol. The number of benzene rings is 8. The third-order valence-corrected chi connectivity index (χ3v) is 27.5. The van der Waals surface area contributed by atoms with Crippen LogP contribution in [0.2, 0.25) is 15.1 Å². The number of nitrogens with zero attached hydrogens (tertiary/aromatic N) is 10. The number of anilines is 2. The number of halogens is 6. The van der Waals surface area contributed by atoms with E-state index < -0.39 is 34.5 Å². The first-order valence-electron chi connectivity index (χ1n) is 48.6. The summed E-state index contributed by atoms with van der Waals surface area (Å²) in [5, 5.41) is 19.8. The van der Waals surface area contributed by atoms with E-state index in [1.54, 1.807) is 60.3 Å². The van der Waals surface area contributed by atoms with Gasteiger partial charge in [0.05, 0.1) is 60.2 Å². The van der Waals surface area contributed by atoms with E-state index >= 15 is 13.2 Å². The minimum absolute atomic E-state index is 0.0310. The SMILES string of the molecule is CC(C)CCCc1cc(Cl)c(F)c(-c2cc3cn(-c4ccc(CN[C@H](CCN=C(N)N)CNc5cccc6sccc56)cc4)c(=O)nc3[nH]2)c1.CC(C)CCCc1cc(Cl)c(F)c(-c2cc3cn(-c4ccc(CN[C@H](CCN=C(N)N)CNc5nc6ccccc6[nH]5)cc4)c(=O)nc3[nH]2)c1.CC(C)CCCc1cc(Cl)c(F)c(-c2cc3cn(-c4ccc([C@H]5CCC[C@H](CCN=C(N)N)C5)cc4)c(=O)nc3[nH]2)c1. The third-order valence-electron chi connectivity index (χ3n) is 25.8. The molecule has 20 N–H and O–H groups in total. The average Bonchev–Trinajstić information content (AvgIpc) is 1.26. The predicted molar refractivity (Wildman–Crippen MR) is 576 cm³/mol. The van der Waals surface area contributed by atoms with Crippen molar-refractivity contribution in [3.8, 4) is 50.8 Å². The lowest BCUT2D eigenvalue weighted by Gasteiger charge is -2.29. The first-order valence-corrected chi connectivity index (χ1v) is 50.6. The molecule has 8 aromatic carbocycles. The van der Waals surface area contributed by atoms with Gasteiger partial charge in [0.1, 0.15) is 16.9 Å². The second-order valence-electron chi connectivity index (χ2n) is 37.9. The molecule has 0 amide bonds. The lowest BCUT2D eigenvalue weighted by molar-refractivity contribution is 0.309. The number of aryl methyl sites for hydroxylation is 3. The maximum Gasteiger partial charge on any atom is 0.354 e. The van der Waals surface area contributed by atoms with Crippen LogP contribution in [0.1, 0.15) is 164 Å². The van der Waals surface area contributed by atoms with Crippen LogP contribution in [0.4, 0.5) is 24.8 Å². The van der Waals surface area contributed by atoms with Crippen LogP contribution in [0, 0.1) is 41.1 Å². The van der Waals surface area contributed by atoms with Crippen LogP contribution < -0.4 is 72.7 Å². The standard InChI is InChI=1S/C38H42ClFN8OS.C37H42ClFN10O.C33H40ClFN6O/c1-23(2)5-3-6-25-17-30(35(40)31(39)18-25)33-19-26-22-48(38(49)47-36(26)46-33)28-11-9-24(10-12-28)20-44-27(13-15-43-37(41)42)21-45-32-7-4-8-34-29(32)14-16-50-34;1-22(2)6-5-7-24-16-28(33(39)29(38)17-24)32-18-25-21-49(37(50)48-34(25)45-32)27-12-10-23(11-13-27)19-43-26(14-15-42-35(40)41)20-44-36-46-30-8-3-4-9-31(30)47-36;1-20(2)5-3-7-22-16-27(30(35)28(34)17-22)29-18-25-19-41(33(42)40-31(25)39-29)26-11-9-23(10-12-26)24-8-4-6-21(15-24)13-14-38-32(36)37/h4,7-12,14,16-19,22-23,27,44-45H,3,5-6,13,15,20-21H2,1-2H3,(H4,41,42,43)(H,46,47,49);3-4,8-13,16-18,21-22,26,43H,5-7,14-15,19-20H2,1-2H3,(H4,40,41,42)(H2,44,46,47)(H,45,48,50);9-12,16-21,24H,3-8,13-15H2,1-2H3,(H4,36,37,38)(H,39,40,42)/t27-;26-;21-,24+/m111/s1. The number of hydrogen-bond donors (Lipinski definition) is 14. The molecule has 742 valence electrons. The fourth-order valence-electron chi connectivity index (χ4n) is 18.2. The molecule has 1 aliphatic carbocycles. The highest BCUT2D eigenvalue weighted by atomic mass is 35.5. The van der Waals surface area contributed by atoms with Crippen LogP contribution in [-0.2, 0) is 32.4 Å². The highest BCUT2D eigenvalue weighted by Crippen LogP contribution is 2.40. The molecule has 0 unspecified atom stereocenters. The molecule has 0 bridgehead atoms. The fourth-order valence-corrected chi connectivity index (χ4v) is 19.7. The van der Waals surface area contributed by atoms with Gasteiger partial charge in [-0.1, -0.05) is 163 Å². The molecule has 0 aliphatic heterocycles. The Morgan fingerprint density at radius 1 is 0.465 bits per heavy atom. The van der Waals surface area contributed by atoms with Crippen LogP contribution in [-0.4, -0.2) is 116 Å². The van der Waals surface area contributed by atoms with Crippen molar-refractivity contribution in [2.45, 2.75) is 175 Å². The summed E-state index contributed by atoms with van der Waals surface area (Å²) in [5.74, 6) is 2.35. The van der Waals surface area contributed by atoms with Crippen LogP contribution in [0.25, 0.3) is 105 Å². The molecule has 142 heavy (non-hydrogen) atoms. The van der Waals surface area contributed by atoms with Crippen molar-refractivity contribution in [2.75, 3.05) is 43.4 Å². The summed E-state index contributed by atoms with van der Waals surface area (Å²) in [6.07, 6.45) is 20.9. The number of H-pyrrole nitrogens is 4. The number of guanidine groups is 3. The Kier molecular flexibility index (Phi) is 35.0. The van der Waals surface area contributed by atoms with Crippen LogP contribution >= 0.6 is 46.1 Å². The summed E-state index contributed by atoms with van der Waals surface area (Å²) in [6.45, 7) is 17.2. The number of imidazole rings is 1. The molecule has 1 saturated carbocycles. The zero-order valence-electron chi connectivity index (χ0n) is 80.7. The van der Waals surface area contributed by atoms with Gasteiger partial charge in [0.15, 0.2) is 35.3 Å². The van der Waals surface area contributed by atoms with Gasteiger partial charge in [0.2, 0.25) is 5.95 Å². The molecule has 0 radical (unpaired) electrons. The van der Waals surface area contributed by atoms with Crippen LogP contribution in [0.3, 0.4) is 0 Å². The van der Waals surface area contributed by atoms with Crippen molar-refractivity contribution < 1.29 is 13.2 Å². The summed E-state index contributed by atoms with van der Waals surface area (Å²) in [7, 11) is 0. The summed E-state index contributed by atoms with van der Waals surface area (Å²) in [5.41, 5.74) is 47.0. The zero-order valence-corrected chi connectivity index (χ0v) is 83.8. The number of nitrogens with one attached hydrogen (secondary N) is 8. The molecule has 16 aromatic rings. The maximum absolute atomic E-state index is 15.2. The first-order chi connectivity index (χ1) is 68.4. The number of aliphatic imine (C=N–C) groups is 3. The van der Waals surface area contributed by atoms with E-state index in [1.807, 2.05) is 109 Å². The number of rotatable bonds is 40. The van der Waals surface area contributed by atoms with Gasteiger partial charge in [-0.25, -0.2) is 32.5 Å². The highest BCUT2D eigenvalue weighted by molar-refractivity contribution is 7.17. The van der Waals surface area contributed by atoms with E-state index in [9.17, 15) is 14.4 Å². The highest BCUT2D eigenvalue weighted by Gasteiger charge is 2.26. The Hall–Kier alpha value is -13.6. The number of hydrogen-bond acceptors (Lipinski definition) is 15. The minimum atomic E-state index is -0.506. The van der Waals surface area contributed by atoms with Crippen molar-refractivity contribution in [2.24, 2.45) is 73.1 Å². The van der Waals surface area contributed by atoms with Gasteiger partial charge >= 0.3 is 17.1 Å². The summed E-state index contributed by atoms with van der Waals surface area (Å²) < 4.78 is 51.3. The lowest BCUT2D eigenvalue weighted by Crippen LogP contribution is -2.36. The smallest absolute Gasteiger partial charge is 0.354 e. The average molecular weight is 2000 g/mol. The summed E-state index contributed by atoms with van der Waals surface area (Å²) in [4.78, 5) is 81.8. The zero-order chi connectivity index (χ0) is 100. The Balaban J connectivity index is 0.000000161. The van der Waals surface area contributed by atoms with Gasteiger partial charge < -0.3 is 75.6 Å². The number of thiophene rings is 1. The van der Waals surface area contributed by atoms with Crippen LogP contribution in [0.15, 0.2) is 229 Å². The van der Waals surface area contributed by atoms with Crippen molar-refractivity contribution >= 4 is 130 Å². The van der Waals surface area contributed by atoms with Gasteiger partial charge in [-0.2, -0.15) is 15.0 Å². The van der Waals surface area contributed by atoms with Crippen molar-refractivity contribution in [1.29, 1.82) is 0 Å².